The number of nitrogens with zero attached hydrogens (tertiary/aromatic N) is 2. The second-order valence-electron chi connectivity index (χ2n) is 5.58. The third-order valence-electron chi connectivity index (χ3n) is 4.55. The molecule has 2 nitrogen and oxygen atoms in total. The van der Waals surface area contributed by atoms with Crippen LogP contribution in [-0.4, -0.2) is 9.55 Å². The van der Waals surface area contributed by atoms with Crippen molar-refractivity contribution >= 4 is 11.3 Å². The number of aromatic nitrogens is 2. The first kappa shape index (κ1) is 10.8. The number of fused-ring (bicyclic) bond motifs is 3. The minimum atomic E-state index is 0.579. The van der Waals surface area contributed by atoms with Gasteiger partial charge in [-0.2, -0.15) is 0 Å². The zero-order valence-corrected chi connectivity index (χ0v) is 11.3. The van der Waals surface area contributed by atoms with E-state index < -0.39 is 0 Å². The fourth-order valence-corrected chi connectivity index (χ4v) is 4.79. The molecule has 0 N–H and O–H groups in total. The highest BCUT2D eigenvalue weighted by atomic mass is 32.1. The van der Waals surface area contributed by atoms with Gasteiger partial charge in [0.2, 0.25) is 0 Å². The minimum Gasteiger partial charge on any atom is -0.322 e. The molecule has 1 aliphatic carbocycles. The summed E-state index contributed by atoms with van der Waals surface area (Å²) < 4.78 is 2.43. The summed E-state index contributed by atoms with van der Waals surface area (Å²) in [4.78, 5) is 5.94. The van der Waals surface area contributed by atoms with E-state index in [0.717, 1.165) is 5.92 Å². The molecular formula is C15H18N2S. The molecule has 2 aromatic heterocycles. The van der Waals surface area contributed by atoms with Gasteiger partial charge in [0.15, 0.2) is 0 Å². The lowest BCUT2D eigenvalue weighted by Gasteiger charge is -2.24. The molecule has 0 saturated heterocycles. The number of hydrogen-bond donors (Lipinski definition) is 0. The van der Waals surface area contributed by atoms with Gasteiger partial charge in [0.1, 0.15) is 0 Å². The average molecular weight is 258 g/mol. The van der Waals surface area contributed by atoms with E-state index in [1.807, 2.05) is 23.9 Å². The fourth-order valence-electron chi connectivity index (χ4n) is 3.69. The molecule has 0 amide bonds. The molecule has 0 radical (unpaired) electrons. The van der Waals surface area contributed by atoms with Gasteiger partial charge in [-0.15, -0.1) is 11.3 Å². The molecule has 3 heteroatoms. The van der Waals surface area contributed by atoms with Gasteiger partial charge in [-0.25, -0.2) is 4.98 Å². The minimum absolute atomic E-state index is 0.579. The van der Waals surface area contributed by atoms with Gasteiger partial charge in [-0.3, -0.25) is 0 Å². The maximum Gasteiger partial charge on any atom is 0.0957 e. The third-order valence-corrected chi connectivity index (χ3v) is 5.54. The van der Waals surface area contributed by atoms with E-state index in [1.165, 1.54) is 49.8 Å². The molecule has 2 aromatic rings. The molecule has 0 bridgehead atoms. The lowest BCUT2D eigenvalue weighted by atomic mass is 9.91. The summed E-state index contributed by atoms with van der Waals surface area (Å²) in [6.07, 6.45) is 12.5. The highest BCUT2D eigenvalue weighted by Gasteiger charge is 2.35. The van der Waals surface area contributed by atoms with Gasteiger partial charge in [0, 0.05) is 10.4 Å². The van der Waals surface area contributed by atoms with Gasteiger partial charge >= 0.3 is 0 Å². The fraction of sp³-hybridized carbons (Fsp3) is 0.533. The summed E-state index contributed by atoms with van der Waals surface area (Å²) in [5.74, 6) is 0.820. The van der Waals surface area contributed by atoms with Crippen molar-refractivity contribution in [3.8, 4) is 11.3 Å². The maximum absolute atomic E-state index is 4.36. The van der Waals surface area contributed by atoms with E-state index >= 15 is 0 Å². The molecule has 0 spiro atoms. The average Bonchev–Trinajstić information content (AvgIpc) is 2.99. The monoisotopic (exact) mass is 258 g/mol. The Hall–Kier alpha value is -1.09. The summed E-state index contributed by atoms with van der Waals surface area (Å²) in [5.41, 5.74) is 2.77. The van der Waals surface area contributed by atoms with Crippen LogP contribution in [-0.2, 0) is 0 Å². The first-order chi connectivity index (χ1) is 8.95. The third kappa shape index (κ3) is 1.50. The molecule has 0 aromatic carbocycles. The predicted molar refractivity (Wildman–Crippen MR) is 74.9 cm³/mol. The smallest absolute Gasteiger partial charge is 0.0957 e. The Labute approximate surface area is 112 Å². The first-order valence-electron chi connectivity index (χ1n) is 7.05. The second kappa shape index (κ2) is 4.23. The van der Waals surface area contributed by atoms with Crippen LogP contribution in [0.3, 0.4) is 0 Å². The molecule has 18 heavy (non-hydrogen) atoms. The Bertz CT molecular complexity index is 506. The summed E-state index contributed by atoms with van der Waals surface area (Å²) in [6.45, 7) is 0. The lowest BCUT2D eigenvalue weighted by molar-refractivity contribution is 0.351. The van der Waals surface area contributed by atoms with Crippen LogP contribution in [0.15, 0.2) is 24.0 Å². The molecule has 1 fully saturated rings. The molecule has 1 saturated carbocycles. The summed E-state index contributed by atoms with van der Waals surface area (Å²) >= 11 is 1.93. The second-order valence-corrected chi connectivity index (χ2v) is 6.53. The Morgan fingerprint density at radius 1 is 1.17 bits per heavy atom. The van der Waals surface area contributed by atoms with Crippen molar-refractivity contribution in [3.63, 3.8) is 0 Å². The Balaban J connectivity index is 1.77. The van der Waals surface area contributed by atoms with E-state index in [2.05, 4.69) is 21.0 Å². The van der Waals surface area contributed by atoms with Crippen LogP contribution in [0, 0.1) is 5.92 Å². The van der Waals surface area contributed by atoms with Gasteiger partial charge in [0.05, 0.1) is 24.3 Å². The number of imidazole rings is 1. The van der Waals surface area contributed by atoms with Crippen molar-refractivity contribution in [2.45, 2.75) is 44.6 Å². The Morgan fingerprint density at radius 2 is 2.00 bits per heavy atom. The Kier molecular flexibility index (Phi) is 2.54. The van der Waals surface area contributed by atoms with E-state index in [4.69, 9.17) is 0 Å². The van der Waals surface area contributed by atoms with Crippen molar-refractivity contribution in [2.24, 2.45) is 5.92 Å². The SMILES string of the molecule is c1cc2c(s1)C(C1CCCCCC1)n1cncc1-2. The molecule has 1 atom stereocenters. The zero-order valence-electron chi connectivity index (χ0n) is 10.5. The zero-order chi connectivity index (χ0) is 11.9. The van der Waals surface area contributed by atoms with Crippen LogP contribution in [0.4, 0.5) is 0 Å². The lowest BCUT2D eigenvalue weighted by Crippen LogP contribution is -2.16. The Morgan fingerprint density at radius 3 is 2.83 bits per heavy atom. The topological polar surface area (TPSA) is 17.8 Å². The first-order valence-corrected chi connectivity index (χ1v) is 7.93. The summed E-state index contributed by atoms with van der Waals surface area (Å²) in [7, 11) is 0. The van der Waals surface area contributed by atoms with Crippen LogP contribution in [0.25, 0.3) is 11.3 Å². The van der Waals surface area contributed by atoms with E-state index in [-0.39, 0.29) is 0 Å². The molecule has 3 heterocycles. The van der Waals surface area contributed by atoms with Gasteiger partial charge in [-0.05, 0) is 30.2 Å². The van der Waals surface area contributed by atoms with Gasteiger partial charge in [-0.1, -0.05) is 25.7 Å². The normalized spacial score (nSPS) is 23.7. The summed E-state index contributed by atoms with van der Waals surface area (Å²) in [6, 6.07) is 2.85. The van der Waals surface area contributed by atoms with Gasteiger partial charge < -0.3 is 4.57 Å². The molecule has 2 aliphatic rings. The molecule has 1 unspecified atom stereocenters. The highest BCUT2D eigenvalue weighted by molar-refractivity contribution is 7.10. The number of thiophene rings is 1. The van der Waals surface area contributed by atoms with Crippen LogP contribution in [0.5, 0.6) is 0 Å². The van der Waals surface area contributed by atoms with E-state index in [0.29, 0.717) is 6.04 Å². The van der Waals surface area contributed by atoms with Crippen molar-refractivity contribution in [3.05, 3.63) is 28.8 Å². The predicted octanol–water partition coefficient (Wildman–Crippen LogP) is 4.48. The van der Waals surface area contributed by atoms with E-state index in [9.17, 15) is 0 Å². The van der Waals surface area contributed by atoms with Crippen LogP contribution >= 0.6 is 11.3 Å². The van der Waals surface area contributed by atoms with Gasteiger partial charge in [0.25, 0.3) is 0 Å². The number of hydrogen-bond acceptors (Lipinski definition) is 2. The van der Waals surface area contributed by atoms with Crippen molar-refractivity contribution in [1.29, 1.82) is 0 Å². The molecule has 94 valence electrons. The van der Waals surface area contributed by atoms with Crippen LogP contribution in [0.1, 0.15) is 49.4 Å². The van der Waals surface area contributed by atoms with E-state index in [1.54, 1.807) is 4.88 Å². The van der Waals surface area contributed by atoms with Crippen molar-refractivity contribution < 1.29 is 0 Å². The maximum atomic E-state index is 4.36. The largest absolute Gasteiger partial charge is 0.322 e. The molecule has 1 aliphatic heterocycles. The van der Waals surface area contributed by atoms with Crippen molar-refractivity contribution in [2.75, 3.05) is 0 Å². The van der Waals surface area contributed by atoms with Crippen molar-refractivity contribution in [1.82, 2.24) is 9.55 Å². The number of rotatable bonds is 1. The molecular weight excluding hydrogens is 240 g/mol. The highest BCUT2D eigenvalue weighted by Crippen LogP contribution is 2.48. The standard InChI is InChI=1S/C15H18N2S/c1-2-4-6-11(5-3-1)14-15-12(7-8-18-15)13-9-16-10-17(13)14/h7-11,14H,1-6H2. The molecule has 4 rings (SSSR count). The van der Waals surface area contributed by atoms with Crippen LogP contribution in [0.2, 0.25) is 0 Å². The quantitative estimate of drug-likeness (QED) is 0.689. The summed E-state index contributed by atoms with van der Waals surface area (Å²) in [5, 5.41) is 2.24. The van der Waals surface area contributed by atoms with Crippen LogP contribution < -0.4 is 0 Å².